The van der Waals surface area contributed by atoms with Gasteiger partial charge in [-0.05, 0) is 42.4 Å². The smallest absolute Gasteiger partial charge is 0.257 e. The lowest BCUT2D eigenvalue weighted by molar-refractivity contribution is 0.103. The summed E-state index contributed by atoms with van der Waals surface area (Å²) in [6, 6.07) is 7.45. The number of H-pyrrole nitrogens is 1. The topological polar surface area (TPSA) is 66.5 Å². The van der Waals surface area contributed by atoms with Crippen LogP contribution in [0.25, 0.3) is 0 Å². The van der Waals surface area contributed by atoms with Crippen molar-refractivity contribution in [3.8, 4) is 0 Å². The largest absolute Gasteiger partial charge is 0.449 e. The summed E-state index contributed by atoms with van der Waals surface area (Å²) in [6.07, 6.45) is -0.146. The zero-order chi connectivity index (χ0) is 20.4. The second kappa shape index (κ2) is 6.21. The van der Waals surface area contributed by atoms with Gasteiger partial charge >= 0.3 is 0 Å². The maximum Gasteiger partial charge on any atom is 0.257 e. The molecule has 1 aliphatic carbocycles. The number of hydrogen-bond donors (Lipinski definition) is 2. The quantitative estimate of drug-likeness (QED) is 0.659. The number of aryl methyl sites for hydroxylation is 1. The Morgan fingerprint density at radius 2 is 1.86 bits per heavy atom. The van der Waals surface area contributed by atoms with E-state index >= 15 is 0 Å². The normalized spacial score (nSPS) is 22.4. The number of carbonyl (C=O) groups excluding carboxylic acids is 1. The lowest BCUT2D eigenvalue weighted by Gasteiger charge is -2.13. The minimum absolute atomic E-state index is 0.00799. The minimum Gasteiger partial charge on any atom is -0.449 e. The number of carbonyl (C=O) groups is 1. The number of ketones is 1. The molecule has 1 fully saturated rings. The van der Waals surface area contributed by atoms with Crippen molar-refractivity contribution in [1.82, 2.24) is 10.4 Å². The number of hydrogen-bond acceptors (Lipinski definition) is 4. The van der Waals surface area contributed by atoms with Gasteiger partial charge in [0.05, 0.1) is 0 Å². The van der Waals surface area contributed by atoms with Crippen molar-refractivity contribution in [2.24, 2.45) is 21.8 Å². The molecule has 2 heterocycles. The number of aromatic amines is 1. The van der Waals surface area contributed by atoms with Crippen molar-refractivity contribution < 1.29 is 9.53 Å². The Morgan fingerprint density at radius 1 is 1.18 bits per heavy atom. The van der Waals surface area contributed by atoms with Gasteiger partial charge in [0.2, 0.25) is 0 Å². The summed E-state index contributed by atoms with van der Waals surface area (Å²) in [6.45, 7) is 12.9. The molecule has 148 valence electrons. The molecule has 0 spiro atoms. The molecule has 2 aromatic rings. The highest BCUT2D eigenvalue weighted by atomic mass is 79.9. The molecule has 4 rings (SSSR count). The molecule has 2 aliphatic rings. The van der Waals surface area contributed by atoms with Crippen LogP contribution in [0.2, 0.25) is 0 Å². The fourth-order valence-electron chi connectivity index (χ4n) is 4.64. The molecule has 6 heteroatoms. The Bertz CT molecular complexity index is 989. The number of nitrogens with one attached hydrogen (secondary N) is 2. The van der Waals surface area contributed by atoms with E-state index in [0.717, 1.165) is 21.4 Å². The predicted molar refractivity (Wildman–Crippen MR) is 113 cm³/mol. The SMILES string of the molecule is Cc1[nH]c(C2=NNC(C3C(C)(C)C3(C)C)O2)c(C)c1C(=O)c1cccc(Br)c1. The third-order valence-electron chi connectivity index (χ3n) is 6.93. The van der Waals surface area contributed by atoms with E-state index < -0.39 is 0 Å². The van der Waals surface area contributed by atoms with Gasteiger partial charge in [0.25, 0.3) is 5.90 Å². The second-order valence-electron chi connectivity index (χ2n) is 8.97. The van der Waals surface area contributed by atoms with Gasteiger partial charge in [-0.2, -0.15) is 0 Å². The molecule has 0 bridgehead atoms. The first-order valence-corrected chi connectivity index (χ1v) is 10.3. The van der Waals surface area contributed by atoms with Crippen LogP contribution >= 0.6 is 15.9 Å². The number of halogens is 1. The lowest BCUT2D eigenvalue weighted by Crippen LogP contribution is -2.27. The zero-order valence-electron chi connectivity index (χ0n) is 17.1. The van der Waals surface area contributed by atoms with Crippen LogP contribution in [-0.2, 0) is 4.74 Å². The summed E-state index contributed by atoms with van der Waals surface area (Å²) in [5.41, 5.74) is 7.31. The summed E-state index contributed by atoms with van der Waals surface area (Å²) in [7, 11) is 0. The monoisotopic (exact) mass is 443 g/mol. The van der Waals surface area contributed by atoms with Crippen LogP contribution in [0.1, 0.15) is 60.6 Å². The average Bonchev–Trinajstić information content (AvgIpc) is 2.99. The summed E-state index contributed by atoms with van der Waals surface area (Å²) >= 11 is 3.44. The number of benzene rings is 1. The molecule has 1 unspecified atom stereocenters. The molecule has 1 aromatic carbocycles. The van der Waals surface area contributed by atoms with E-state index in [1.54, 1.807) is 0 Å². The predicted octanol–water partition coefficient (Wildman–Crippen LogP) is 4.91. The molecule has 1 saturated carbocycles. The molecule has 0 radical (unpaired) electrons. The lowest BCUT2D eigenvalue weighted by atomic mass is 9.99. The number of nitrogens with zero attached hydrogens (tertiary/aromatic N) is 1. The number of aromatic nitrogens is 1. The molecular formula is C22H26BrN3O2. The highest BCUT2D eigenvalue weighted by molar-refractivity contribution is 9.10. The van der Waals surface area contributed by atoms with E-state index in [-0.39, 0.29) is 22.8 Å². The van der Waals surface area contributed by atoms with Crippen LogP contribution in [0.4, 0.5) is 0 Å². The summed E-state index contributed by atoms with van der Waals surface area (Å²) in [4.78, 5) is 16.4. The Morgan fingerprint density at radius 3 is 2.46 bits per heavy atom. The van der Waals surface area contributed by atoms with Gasteiger partial charge in [-0.25, -0.2) is 0 Å². The van der Waals surface area contributed by atoms with E-state index in [0.29, 0.717) is 22.9 Å². The van der Waals surface area contributed by atoms with Crippen LogP contribution in [0.3, 0.4) is 0 Å². The first-order valence-electron chi connectivity index (χ1n) is 9.55. The van der Waals surface area contributed by atoms with Crippen molar-refractivity contribution in [3.63, 3.8) is 0 Å². The third kappa shape index (κ3) is 2.72. The van der Waals surface area contributed by atoms with Crippen molar-refractivity contribution >= 4 is 27.6 Å². The fraction of sp³-hybridized carbons (Fsp3) is 0.455. The van der Waals surface area contributed by atoms with E-state index in [1.165, 1.54) is 0 Å². The summed E-state index contributed by atoms with van der Waals surface area (Å²) < 4.78 is 7.07. The highest BCUT2D eigenvalue weighted by Gasteiger charge is 2.69. The van der Waals surface area contributed by atoms with Crippen molar-refractivity contribution in [2.45, 2.75) is 47.8 Å². The summed E-state index contributed by atoms with van der Waals surface area (Å²) in [5.74, 6) is 0.893. The van der Waals surface area contributed by atoms with E-state index in [1.807, 2.05) is 38.1 Å². The van der Waals surface area contributed by atoms with Crippen molar-refractivity contribution in [1.29, 1.82) is 0 Å². The fourth-order valence-corrected chi connectivity index (χ4v) is 5.03. The number of rotatable bonds is 4. The molecule has 1 atom stereocenters. The van der Waals surface area contributed by atoms with Crippen LogP contribution in [0.5, 0.6) is 0 Å². The third-order valence-corrected chi connectivity index (χ3v) is 7.43. The Hall–Kier alpha value is -2.08. The molecular weight excluding hydrogens is 418 g/mol. The van der Waals surface area contributed by atoms with Crippen molar-refractivity contribution in [2.75, 3.05) is 0 Å². The zero-order valence-corrected chi connectivity index (χ0v) is 18.7. The Balaban J connectivity index is 1.60. The standard InChI is InChI=1S/C22H26BrN3O2/c1-11-15(17(27)13-8-7-9-14(23)10-13)12(2)24-16(11)19-25-26-20(28-19)18-21(3,4)22(18,5)6/h7-10,18,20,24,26H,1-6H3. The van der Waals surface area contributed by atoms with E-state index in [2.05, 4.69) is 59.1 Å². The molecule has 1 aliphatic heterocycles. The van der Waals surface area contributed by atoms with Crippen LogP contribution in [-0.4, -0.2) is 22.9 Å². The van der Waals surface area contributed by atoms with E-state index in [9.17, 15) is 4.79 Å². The first-order chi connectivity index (χ1) is 13.1. The molecule has 0 amide bonds. The highest BCUT2D eigenvalue weighted by Crippen LogP contribution is 2.70. The van der Waals surface area contributed by atoms with E-state index in [4.69, 9.17) is 4.74 Å². The number of ether oxygens (including phenoxy) is 1. The van der Waals surface area contributed by atoms with Gasteiger partial charge in [0, 0.05) is 27.2 Å². The minimum atomic E-state index is -0.146. The van der Waals surface area contributed by atoms with Gasteiger partial charge in [-0.15, -0.1) is 5.10 Å². The van der Waals surface area contributed by atoms with Crippen LogP contribution < -0.4 is 5.43 Å². The van der Waals surface area contributed by atoms with Gasteiger partial charge in [-0.1, -0.05) is 55.8 Å². The second-order valence-corrected chi connectivity index (χ2v) is 9.89. The first kappa shape index (κ1) is 19.2. The Kier molecular flexibility index (Phi) is 4.27. The maximum atomic E-state index is 13.1. The van der Waals surface area contributed by atoms with Crippen LogP contribution in [0, 0.1) is 30.6 Å². The molecule has 2 N–H and O–H groups in total. The van der Waals surface area contributed by atoms with Gasteiger partial charge in [0.15, 0.2) is 12.0 Å². The van der Waals surface area contributed by atoms with Crippen molar-refractivity contribution in [3.05, 3.63) is 56.8 Å². The molecule has 1 aromatic heterocycles. The Labute approximate surface area is 174 Å². The average molecular weight is 444 g/mol. The number of hydrazone groups is 1. The molecule has 0 saturated heterocycles. The molecule has 28 heavy (non-hydrogen) atoms. The van der Waals surface area contributed by atoms with Gasteiger partial charge in [-0.3, -0.25) is 10.2 Å². The summed E-state index contributed by atoms with van der Waals surface area (Å²) in [5, 5.41) is 4.44. The maximum absolute atomic E-state index is 13.1. The van der Waals surface area contributed by atoms with Gasteiger partial charge in [0.1, 0.15) is 5.69 Å². The van der Waals surface area contributed by atoms with Crippen LogP contribution in [0.15, 0.2) is 33.8 Å². The molecule has 5 nitrogen and oxygen atoms in total. The van der Waals surface area contributed by atoms with Gasteiger partial charge < -0.3 is 9.72 Å².